The second kappa shape index (κ2) is 5.56. The Morgan fingerprint density at radius 3 is 2.72 bits per heavy atom. The summed E-state index contributed by atoms with van der Waals surface area (Å²) in [5.41, 5.74) is 5.83. The number of rotatable bonds is 2. The molecule has 0 aromatic heterocycles. The molecule has 2 amide bonds. The van der Waals surface area contributed by atoms with E-state index in [-0.39, 0.29) is 23.9 Å². The fourth-order valence-corrected chi connectivity index (χ4v) is 2.80. The molecule has 6 nitrogen and oxygen atoms in total. The molecule has 3 atom stereocenters. The van der Waals surface area contributed by atoms with Crippen molar-refractivity contribution in [2.75, 3.05) is 20.2 Å². The Morgan fingerprint density at radius 1 is 1.33 bits per heavy atom. The van der Waals surface area contributed by atoms with Crippen molar-refractivity contribution in [3.05, 3.63) is 0 Å². The van der Waals surface area contributed by atoms with Gasteiger partial charge >= 0.3 is 6.09 Å². The first-order valence-electron chi connectivity index (χ1n) is 6.49. The monoisotopic (exact) mass is 255 g/mol. The zero-order valence-corrected chi connectivity index (χ0v) is 10.7. The molecule has 2 aliphatic rings. The third kappa shape index (κ3) is 2.93. The van der Waals surface area contributed by atoms with Crippen LogP contribution in [-0.2, 0) is 9.53 Å². The molecule has 1 saturated carbocycles. The van der Waals surface area contributed by atoms with Gasteiger partial charge in [0.25, 0.3) is 0 Å². The largest absolute Gasteiger partial charge is 0.453 e. The van der Waals surface area contributed by atoms with Gasteiger partial charge in [-0.05, 0) is 25.7 Å². The fraction of sp³-hybridized carbons (Fsp3) is 0.833. The number of nitrogens with two attached hydrogens (primary N) is 1. The number of amides is 2. The van der Waals surface area contributed by atoms with Crippen LogP contribution in [-0.4, -0.2) is 49.2 Å². The molecular formula is C12H21N3O3. The van der Waals surface area contributed by atoms with Crippen LogP contribution in [0, 0.1) is 5.92 Å². The van der Waals surface area contributed by atoms with Gasteiger partial charge in [0.2, 0.25) is 5.91 Å². The van der Waals surface area contributed by atoms with Gasteiger partial charge in [-0.1, -0.05) is 0 Å². The summed E-state index contributed by atoms with van der Waals surface area (Å²) in [6, 6.07) is 0.182. The van der Waals surface area contributed by atoms with Crippen LogP contribution in [0.5, 0.6) is 0 Å². The lowest BCUT2D eigenvalue weighted by molar-refractivity contribution is -0.134. The molecule has 102 valence electrons. The number of ether oxygens (including phenoxy) is 1. The minimum Gasteiger partial charge on any atom is -0.453 e. The molecule has 3 unspecified atom stereocenters. The molecule has 6 heteroatoms. The predicted molar refractivity (Wildman–Crippen MR) is 65.8 cm³/mol. The lowest BCUT2D eigenvalue weighted by Gasteiger charge is -2.20. The van der Waals surface area contributed by atoms with E-state index in [2.05, 4.69) is 10.1 Å². The highest BCUT2D eigenvalue weighted by Crippen LogP contribution is 2.27. The number of nitrogens with zero attached hydrogens (tertiary/aromatic N) is 1. The van der Waals surface area contributed by atoms with Crippen LogP contribution < -0.4 is 11.1 Å². The summed E-state index contributed by atoms with van der Waals surface area (Å²) in [6.45, 7) is 1.29. The van der Waals surface area contributed by atoms with Gasteiger partial charge in [-0.15, -0.1) is 0 Å². The van der Waals surface area contributed by atoms with E-state index in [4.69, 9.17) is 5.73 Å². The first-order chi connectivity index (χ1) is 8.60. The Morgan fingerprint density at radius 2 is 2.11 bits per heavy atom. The molecule has 1 saturated heterocycles. The number of carbonyl (C=O) groups excluding carboxylic acids is 2. The second-order valence-corrected chi connectivity index (χ2v) is 5.18. The normalized spacial score (nSPS) is 31.4. The van der Waals surface area contributed by atoms with E-state index in [1.807, 2.05) is 4.90 Å². The van der Waals surface area contributed by atoms with E-state index in [1.165, 1.54) is 7.11 Å². The quantitative estimate of drug-likeness (QED) is 0.731. The zero-order chi connectivity index (χ0) is 13.1. The second-order valence-electron chi connectivity index (χ2n) is 5.18. The third-order valence-electron chi connectivity index (χ3n) is 3.83. The predicted octanol–water partition coefficient (Wildman–Crippen LogP) is 0.0707. The molecule has 0 spiro atoms. The first kappa shape index (κ1) is 13.1. The van der Waals surface area contributed by atoms with Gasteiger partial charge in [0.1, 0.15) is 0 Å². The molecule has 3 N–H and O–H groups in total. The number of hydrogen-bond donors (Lipinski definition) is 2. The maximum atomic E-state index is 12.2. The summed E-state index contributed by atoms with van der Waals surface area (Å²) in [6.07, 6.45) is 2.99. The van der Waals surface area contributed by atoms with Crippen LogP contribution >= 0.6 is 0 Å². The molecule has 1 aliphatic carbocycles. The molecule has 0 bridgehead atoms. The van der Waals surface area contributed by atoms with Crippen LogP contribution in [0.2, 0.25) is 0 Å². The van der Waals surface area contributed by atoms with Crippen molar-refractivity contribution in [1.29, 1.82) is 0 Å². The standard InChI is InChI=1S/C12H21N3O3/c1-18-12(17)14-10-4-5-15(7-10)11(16)8-2-3-9(13)6-8/h8-10H,2-7,13H2,1H3,(H,14,17). The molecule has 2 fully saturated rings. The van der Waals surface area contributed by atoms with E-state index >= 15 is 0 Å². The Hall–Kier alpha value is -1.30. The summed E-state index contributed by atoms with van der Waals surface area (Å²) in [5, 5.41) is 2.73. The number of hydrogen-bond acceptors (Lipinski definition) is 4. The number of carbonyl (C=O) groups is 2. The lowest BCUT2D eigenvalue weighted by atomic mass is 10.1. The summed E-state index contributed by atoms with van der Waals surface area (Å²) in [5.74, 6) is 0.272. The van der Waals surface area contributed by atoms with Crippen LogP contribution in [0.25, 0.3) is 0 Å². The van der Waals surface area contributed by atoms with Crippen molar-refractivity contribution in [2.24, 2.45) is 11.7 Å². The third-order valence-corrected chi connectivity index (χ3v) is 3.83. The molecule has 18 heavy (non-hydrogen) atoms. The maximum Gasteiger partial charge on any atom is 0.407 e. The van der Waals surface area contributed by atoms with Crippen LogP contribution in [0.15, 0.2) is 0 Å². The average Bonchev–Trinajstić information content (AvgIpc) is 2.97. The highest BCUT2D eigenvalue weighted by atomic mass is 16.5. The van der Waals surface area contributed by atoms with Crippen molar-refractivity contribution in [3.8, 4) is 0 Å². The molecule has 1 heterocycles. The Bertz CT molecular complexity index is 335. The smallest absolute Gasteiger partial charge is 0.407 e. The number of methoxy groups -OCH3 is 1. The van der Waals surface area contributed by atoms with Crippen LogP contribution in [0.1, 0.15) is 25.7 Å². The molecule has 0 aromatic carbocycles. The molecule has 0 aromatic rings. The van der Waals surface area contributed by atoms with E-state index in [9.17, 15) is 9.59 Å². The van der Waals surface area contributed by atoms with Gasteiger partial charge in [0.15, 0.2) is 0 Å². The van der Waals surface area contributed by atoms with Crippen molar-refractivity contribution in [3.63, 3.8) is 0 Å². The highest BCUT2D eigenvalue weighted by Gasteiger charge is 2.34. The maximum absolute atomic E-state index is 12.2. The zero-order valence-electron chi connectivity index (χ0n) is 10.7. The summed E-state index contributed by atoms with van der Waals surface area (Å²) in [4.78, 5) is 25.1. The summed E-state index contributed by atoms with van der Waals surface area (Å²) in [7, 11) is 1.34. The van der Waals surface area contributed by atoms with Gasteiger partial charge < -0.3 is 20.7 Å². The van der Waals surface area contributed by atoms with E-state index in [1.54, 1.807) is 0 Å². The molecule has 0 radical (unpaired) electrons. The van der Waals surface area contributed by atoms with E-state index < -0.39 is 6.09 Å². The van der Waals surface area contributed by atoms with Crippen molar-refractivity contribution >= 4 is 12.0 Å². The van der Waals surface area contributed by atoms with Gasteiger partial charge in [0, 0.05) is 25.0 Å². The number of nitrogens with one attached hydrogen (secondary N) is 1. The number of alkyl carbamates (subject to hydrolysis) is 1. The highest BCUT2D eigenvalue weighted by molar-refractivity contribution is 5.79. The molecule has 2 rings (SSSR count). The Kier molecular flexibility index (Phi) is 4.06. The van der Waals surface area contributed by atoms with Crippen LogP contribution in [0.4, 0.5) is 4.79 Å². The topological polar surface area (TPSA) is 84.7 Å². The number of likely N-dealkylation sites (tertiary alicyclic amines) is 1. The lowest BCUT2D eigenvalue weighted by Crippen LogP contribution is -2.40. The Labute approximate surface area is 107 Å². The van der Waals surface area contributed by atoms with E-state index in [0.29, 0.717) is 13.1 Å². The Balaban J connectivity index is 1.81. The SMILES string of the molecule is COC(=O)NC1CCN(C(=O)C2CCC(N)C2)C1. The fourth-order valence-electron chi connectivity index (χ4n) is 2.80. The van der Waals surface area contributed by atoms with E-state index in [0.717, 1.165) is 25.7 Å². The van der Waals surface area contributed by atoms with Crippen LogP contribution in [0.3, 0.4) is 0 Å². The molecule has 1 aliphatic heterocycles. The van der Waals surface area contributed by atoms with Crippen molar-refractivity contribution in [1.82, 2.24) is 10.2 Å². The molecular weight excluding hydrogens is 234 g/mol. The van der Waals surface area contributed by atoms with Gasteiger partial charge in [-0.3, -0.25) is 4.79 Å². The summed E-state index contributed by atoms with van der Waals surface area (Å²) >= 11 is 0. The van der Waals surface area contributed by atoms with Gasteiger partial charge in [-0.2, -0.15) is 0 Å². The average molecular weight is 255 g/mol. The first-order valence-corrected chi connectivity index (χ1v) is 6.49. The van der Waals surface area contributed by atoms with Crippen molar-refractivity contribution in [2.45, 2.75) is 37.8 Å². The van der Waals surface area contributed by atoms with Crippen molar-refractivity contribution < 1.29 is 14.3 Å². The van der Waals surface area contributed by atoms with Gasteiger partial charge in [-0.25, -0.2) is 4.79 Å². The minimum atomic E-state index is -0.433. The van der Waals surface area contributed by atoms with Gasteiger partial charge in [0.05, 0.1) is 13.2 Å². The minimum absolute atomic E-state index is 0.0106. The summed E-state index contributed by atoms with van der Waals surface area (Å²) < 4.78 is 4.55.